The molecule has 0 heterocycles. The summed E-state index contributed by atoms with van der Waals surface area (Å²) in [4.78, 5) is 11.2. The van der Waals surface area contributed by atoms with Gasteiger partial charge in [0.1, 0.15) is 5.78 Å². The lowest BCUT2D eigenvalue weighted by Crippen LogP contribution is -2.19. The van der Waals surface area contributed by atoms with Crippen molar-refractivity contribution in [1.29, 1.82) is 0 Å². The zero-order valence-corrected chi connectivity index (χ0v) is 16.1. The molecule has 20 heavy (non-hydrogen) atoms. The summed E-state index contributed by atoms with van der Waals surface area (Å²) < 4.78 is 0. The van der Waals surface area contributed by atoms with Crippen molar-refractivity contribution < 1.29 is 15.0 Å². The normalized spacial score (nSPS) is 11.2. The van der Waals surface area contributed by atoms with Gasteiger partial charge in [-0.05, 0) is 41.0 Å². The molecule has 4 heteroatoms. The van der Waals surface area contributed by atoms with Gasteiger partial charge in [0.05, 0.1) is 0 Å². The summed E-state index contributed by atoms with van der Waals surface area (Å²) in [6.07, 6.45) is 0.707. The number of hydrogen-bond donors (Lipinski definition) is 2. The van der Waals surface area contributed by atoms with E-state index in [9.17, 15) is 4.79 Å². The molecular formula is C16H37AlO3. The number of ketones is 1. The van der Waals surface area contributed by atoms with Gasteiger partial charge in [-0.1, -0.05) is 36.6 Å². The zero-order chi connectivity index (χ0) is 16.7. The molecule has 0 bridgehead atoms. The van der Waals surface area contributed by atoms with Crippen molar-refractivity contribution in [2.75, 3.05) is 0 Å². The smallest absolute Gasteiger partial charge is 0.262 e. The molecule has 1 unspecified atom stereocenters. The molecule has 0 aliphatic rings. The van der Waals surface area contributed by atoms with Gasteiger partial charge in [0.2, 0.25) is 0 Å². The van der Waals surface area contributed by atoms with Crippen LogP contribution >= 0.6 is 0 Å². The molecular weight excluding hydrogens is 267 g/mol. The van der Waals surface area contributed by atoms with E-state index in [0.717, 1.165) is 6.42 Å². The van der Waals surface area contributed by atoms with Gasteiger partial charge in [0.25, 0.3) is 14.1 Å². The second-order valence-corrected chi connectivity index (χ2v) is 9.66. The van der Waals surface area contributed by atoms with Crippen molar-refractivity contribution in [3.05, 3.63) is 0 Å². The number of Topliss-reactive ketones (excluding diaryl/α,β-unsaturated/α-hetero) is 1. The van der Waals surface area contributed by atoms with Gasteiger partial charge < -0.3 is 10.2 Å². The van der Waals surface area contributed by atoms with E-state index in [4.69, 9.17) is 10.2 Å². The van der Waals surface area contributed by atoms with Crippen LogP contribution in [0.2, 0.25) is 15.8 Å². The summed E-state index contributed by atoms with van der Waals surface area (Å²) >= 11 is -0.545. The topological polar surface area (TPSA) is 57.5 Å². The third-order valence-corrected chi connectivity index (χ3v) is 6.39. The Labute approximate surface area is 131 Å². The van der Waals surface area contributed by atoms with Crippen LogP contribution in [0.25, 0.3) is 0 Å². The molecule has 0 fully saturated rings. The number of carbonyl (C=O) groups excluding carboxylic acids is 1. The average molecular weight is 304 g/mol. The number of hydrogen-bond acceptors (Lipinski definition) is 3. The molecule has 0 aliphatic heterocycles. The summed E-state index contributed by atoms with van der Waals surface area (Å²) in [6, 6.07) is 0. The largest absolute Gasteiger partial charge is 0.394 e. The van der Waals surface area contributed by atoms with Crippen LogP contribution in [0.1, 0.15) is 61.8 Å². The van der Waals surface area contributed by atoms with Gasteiger partial charge in [0, 0.05) is 18.1 Å². The molecule has 0 amide bonds. The molecule has 1 atom stereocenters. The Kier molecular flexibility index (Phi) is 21.6. The Morgan fingerprint density at radius 1 is 0.950 bits per heavy atom. The van der Waals surface area contributed by atoms with Crippen LogP contribution in [0.4, 0.5) is 0 Å². The molecule has 0 aromatic carbocycles. The third-order valence-electron chi connectivity index (χ3n) is 2.84. The molecule has 2 N–H and O–H groups in total. The minimum Gasteiger partial charge on any atom is -0.394 e. The van der Waals surface area contributed by atoms with Crippen LogP contribution in [0.5, 0.6) is 0 Å². The fraction of sp³-hybridized carbons (Fsp3) is 0.938. The van der Waals surface area contributed by atoms with E-state index in [-0.39, 0.29) is 12.2 Å². The first-order valence-electron chi connectivity index (χ1n) is 7.98. The molecule has 0 spiro atoms. The van der Waals surface area contributed by atoms with Gasteiger partial charge in [-0.15, -0.1) is 0 Å². The van der Waals surface area contributed by atoms with E-state index in [2.05, 4.69) is 20.8 Å². The molecule has 0 aliphatic carbocycles. The lowest BCUT2D eigenvalue weighted by molar-refractivity contribution is -0.120. The fourth-order valence-electron chi connectivity index (χ4n) is 1.64. The zero-order valence-electron chi connectivity index (χ0n) is 14.9. The van der Waals surface area contributed by atoms with Crippen molar-refractivity contribution in [1.82, 2.24) is 0 Å². The Balaban J connectivity index is -0.000000297. The lowest BCUT2D eigenvalue weighted by Gasteiger charge is -2.14. The Hall–Kier alpha value is 0.122. The van der Waals surface area contributed by atoms with Gasteiger partial charge in [-0.2, -0.15) is 0 Å². The standard InChI is InChI=1S/C6H11O.2C3H8O.2C2H5.Al/c1-4-5(2)6(3)7;2*1-3(2)4;2*1-2;/h5H,2,4H2,1,3H3;2*3-4H,1-2H3;2*1H2,2H3;. The Morgan fingerprint density at radius 3 is 1.40 bits per heavy atom. The van der Waals surface area contributed by atoms with Crippen molar-refractivity contribution in [3.8, 4) is 0 Å². The quantitative estimate of drug-likeness (QED) is 0.731. The lowest BCUT2D eigenvalue weighted by atomic mass is 10.1. The highest BCUT2D eigenvalue weighted by Gasteiger charge is 2.20. The van der Waals surface area contributed by atoms with Crippen LogP contribution in [-0.4, -0.2) is 42.4 Å². The molecule has 0 aromatic heterocycles. The average Bonchev–Trinajstić information content (AvgIpc) is 2.28. The highest BCUT2D eigenvalue weighted by Crippen LogP contribution is 2.17. The first kappa shape index (κ1) is 25.1. The number of aliphatic hydroxyl groups excluding tert-OH is 2. The summed E-state index contributed by atoms with van der Waals surface area (Å²) in [7, 11) is 0. The first-order chi connectivity index (χ1) is 9.11. The van der Waals surface area contributed by atoms with Crippen LogP contribution < -0.4 is 0 Å². The monoisotopic (exact) mass is 304 g/mol. The van der Waals surface area contributed by atoms with E-state index < -0.39 is 14.1 Å². The predicted molar refractivity (Wildman–Crippen MR) is 90.7 cm³/mol. The Bertz CT molecular complexity index is 190. The Morgan fingerprint density at radius 2 is 1.25 bits per heavy atom. The molecule has 0 saturated heterocycles. The van der Waals surface area contributed by atoms with Crippen molar-refractivity contribution >= 4 is 19.9 Å². The van der Waals surface area contributed by atoms with Crippen LogP contribution in [0.15, 0.2) is 0 Å². The van der Waals surface area contributed by atoms with Gasteiger partial charge in [-0.3, -0.25) is 4.79 Å². The highest BCUT2D eigenvalue weighted by molar-refractivity contribution is 6.58. The first-order valence-corrected chi connectivity index (χ1v) is 10.4. The van der Waals surface area contributed by atoms with Crippen molar-refractivity contribution in [3.63, 3.8) is 0 Å². The van der Waals surface area contributed by atoms with Gasteiger partial charge >= 0.3 is 0 Å². The molecule has 122 valence electrons. The molecule has 0 radical (unpaired) electrons. The van der Waals surface area contributed by atoms with E-state index >= 15 is 0 Å². The highest BCUT2D eigenvalue weighted by atomic mass is 27.2. The summed E-state index contributed by atoms with van der Waals surface area (Å²) in [6.45, 7) is 15.3. The fourth-order valence-corrected chi connectivity index (χ4v) is 4.36. The maximum atomic E-state index is 11.2. The molecule has 0 saturated carbocycles. The minimum atomic E-state index is -0.545. The minimum absolute atomic E-state index is 0.167. The number of rotatable bonds is 6. The third kappa shape index (κ3) is 26.6. The van der Waals surface area contributed by atoms with E-state index in [0.29, 0.717) is 11.7 Å². The van der Waals surface area contributed by atoms with Crippen LogP contribution in [0, 0.1) is 5.92 Å². The SMILES string of the molecule is CC(C)O.CC(C)O.CCC([CH2][Al]([CH2]C)[CH2]C)C(C)=O. The van der Waals surface area contributed by atoms with Crippen LogP contribution in [-0.2, 0) is 4.79 Å². The second-order valence-electron chi connectivity index (χ2n) is 5.82. The predicted octanol–water partition coefficient (Wildman–Crippen LogP) is 3.91. The number of aliphatic hydroxyl groups is 2. The molecule has 0 aromatic rings. The maximum absolute atomic E-state index is 11.2. The summed E-state index contributed by atoms with van der Waals surface area (Å²) in [5.74, 6) is 0.776. The second kappa shape index (κ2) is 17.2. The summed E-state index contributed by atoms with van der Waals surface area (Å²) in [5, 5.41) is 20.0. The van der Waals surface area contributed by atoms with E-state index in [1.165, 1.54) is 15.8 Å². The van der Waals surface area contributed by atoms with Gasteiger partial charge in [-0.25, -0.2) is 0 Å². The van der Waals surface area contributed by atoms with Gasteiger partial charge in [0.15, 0.2) is 0 Å². The molecule has 0 rings (SSSR count). The van der Waals surface area contributed by atoms with E-state index in [1.807, 2.05) is 0 Å². The number of carbonyl (C=O) groups is 1. The van der Waals surface area contributed by atoms with E-state index in [1.54, 1.807) is 34.6 Å². The maximum Gasteiger partial charge on any atom is 0.262 e. The molecule has 3 nitrogen and oxygen atoms in total. The van der Waals surface area contributed by atoms with Crippen molar-refractivity contribution in [2.24, 2.45) is 5.92 Å². The summed E-state index contributed by atoms with van der Waals surface area (Å²) in [5.41, 5.74) is 0. The van der Waals surface area contributed by atoms with Crippen LogP contribution in [0.3, 0.4) is 0 Å². The van der Waals surface area contributed by atoms with Crippen molar-refractivity contribution in [2.45, 2.75) is 89.9 Å².